The van der Waals surface area contributed by atoms with Crippen molar-refractivity contribution in [2.75, 3.05) is 11.5 Å². The highest BCUT2D eigenvalue weighted by Gasteiger charge is 2.28. The van der Waals surface area contributed by atoms with Gasteiger partial charge in [-0.3, -0.25) is 0 Å². The van der Waals surface area contributed by atoms with Gasteiger partial charge in [-0.15, -0.1) is 11.8 Å². The van der Waals surface area contributed by atoms with E-state index in [0.717, 1.165) is 5.56 Å². The second-order valence-electron chi connectivity index (χ2n) is 4.86. The van der Waals surface area contributed by atoms with Crippen LogP contribution in [0.2, 0.25) is 5.02 Å². The third-order valence-corrected chi connectivity index (χ3v) is 6.69. The first kappa shape index (κ1) is 14.9. The molecule has 0 saturated carbocycles. The molecule has 1 saturated heterocycles. The number of thioether (sulfide) groups is 1. The normalized spacial score (nSPS) is 20.7. The first-order valence-electron chi connectivity index (χ1n) is 6.42. The molecule has 0 unspecified atom stereocenters. The highest BCUT2D eigenvalue weighted by atomic mass is 35.5. The van der Waals surface area contributed by atoms with Gasteiger partial charge in [0.25, 0.3) is 0 Å². The molecular weight excluding hydrogens is 332 g/mol. The molecule has 112 valence electrons. The second kappa shape index (κ2) is 5.98. The monoisotopic (exact) mass is 344 g/mol. The topological polar surface area (TPSA) is 73.1 Å². The van der Waals surface area contributed by atoms with E-state index in [4.69, 9.17) is 16.1 Å². The molecule has 1 aromatic heterocycles. The zero-order chi connectivity index (χ0) is 14.9. The fourth-order valence-corrected chi connectivity index (χ4v) is 5.81. The molecule has 8 heteroatoms. The summed E-state index contributed by atoms with van der Waals surface area (Å²) in [6.45, 7) is 0. The lowest BCUT2D eigenvalue weighted by Gasteiger charge is -2.03. The summed E-state index contributed by atoms with van der Waals surface area (Å²) in [4.78, 5) is 4.31. The number of hydrogen-bond donors (Lipinski definition) is 0. The van der Waals surface area contributed by atoms with E-state index in [1.165, 1.54) is 0 Å². The predicted octanol–water partition coefficient (Wildman–Crippen LogP) is 2.81. The Balaban J connectivity index is 1.63. The summed E-state index contributed by atoms with van der Waals surface area (Å²) in [6.07, 6.45) is 0.697. The Labute approximate surface area is 132 Å². The highest BCUT2D eigenvalue weighted by molar-refractivity contribution is 8.01. The molecule has 21 heavy (non-hydrogen) atoms. The smallest absolute Gasteiger partial charge is 0.236 e. The molecule has 1 aliphatic heterocycles. The van der Waals surface area contributed by atoms with Gasteiger partial charge in [0.2, 0.25) is 11.7 Å². The highest BCUT2D eigenvalue weighted by Crippen LogP contribution is 2.27. The summed E-state index contributed by atoms with van der Waals surface area (Å²) in [5.74, 6) is 2.04. The molecule has 0 N–H and O–H groups in total. The van der Waals surface area contributed by atoms with Crippen molar-refractivity contribution in [3.05, 3.63) is 35.2 Å². The number of rotatable bonds is 4. The lowest BCUT2D eigenvalue weighted by Crippen LogP contribution is -2.06. The molecular formula is C13H13ClN2O3S2. The van der Waals surface area contributed by atoms with Gasteiger partial charge in [-0.25, -0.2) is 8.42 Å². The van der Waals surface area contributed by atoms with Gasteiger partial charge >= 0.3 is 0 Å². The Morgan fingerprint density at radius 3 is 3.00 bits per heavy atom. The number of sulfone groups is 1. The second-order valence-corrected chi connectivity index (χ2v) is 8.81. The zero-order valence-corrected chi connectivity index (χ0v) is 13.4. The number of hydrogen-bond acceptors (Lipinski definition) is 6. The minimum atomic E-state index is -2.84. The SMILES string of the molecule is O=S1(=O)CC[C@@H](SCc2nc(-c3cccc(Cl)c3)no2)C1. The molecule has 0 amide bonds. The van der Waals surface area contributed by atoms with Gasteiger partial charge in [-0.2, -0.15) is 4.98 Å². The van der Waals surface area contributed by atoms with Crippen LogP contribution >= 0.6 is 23.4 Å². The molecule has 0 radical (unpaired) electrons. The van der Waals surface area contributed by atoms with E-state index in [9.17, 15) is 8.42 Å². The largest absolute Gasteiger partial charge is 0.338 e. The fourth-order valence-electron chi connectivity index (χ4n) is 2.14. The Hall–Kier alpha value is -1.05. The molecule has 0 spiro atoms. The lowest BCUT2D eigenvalue weighted by molar-refractivity contribution is 0.391. The molecule has 2 aromatic rings. The third kappa shape index (κ3) is 3.78. The van der Waals surface area contributed by atoms with E-state index >= 15 is 0 Å². The average Bonchev–Trinajstić information content (AvgIpc) is 3.03. The Morgan fingerprint density at radius 2 is 2.29 bits per heavy atom. The van der Waals surface area contributed by atoms with Crippen molar-refractivity contribution >= 4 is 33.2 Å². The van der Waals surface area contributed by atoms with E-state index in [1.807, 2.05) is 12.1 Å². The molecule has 5 nitrogen and oxygen atoms in total. The number of halogens is 1. The van der Waals surface area contributed by atoms with Crippen LogP contribution in [0.15, 0.2) is 28.8 Å². The van der Waals surface area contributed by atoms with Crippen molar-refractivity contribution in [1.29, 1.82) is 0 Å². The maximum Gasteiger partial charge on any atom is 0.236 e. The molecule has 3 rings (SSSR count). The van der Waals surface area contributed by atoms with Gasteiger partial charge in [0.05, 0.1) is 17.3 Å². The van der Waals surface area contributed by atoms with Crippen LogP contribution in [0.1, 0.15) is 12.3 Å². The summed E-state index contributed by atoms with van der Waals surface area (Å²) < 4.78 is 28.0. The van der Waals surface area contributed by atoms with Gasteiger partial charge in [-0.05, 0) is 18.6 Å². The van der Waals surface area contributed by atoms with Crippen molar-refractivity contribution in [1.82, 2.24) is 10.1 Å². The standard InChI is InChI=1S/C13H13ClN2O3S2/c14-10-3-1-2-9(6-10)13-15-12(19-16-13)7-20-11-4-5-21(17,18)8-11/h1-3,6,11H,4-5,7-8H2/t11-/m1/s1. The average molecular weight is 345 g/mol. The minimum absolute atomic E-state index is 0.122. The van der Waals surface area contributed by atoms with E-state index < -0.39 is 9.84 Å². The molecule has 1 aromatic carbocycles. The fraction of sp³-hybridized carbons (Fsp3) is 0.385. The summed E-state index contributed by atoms with van der Waals surface area (Å²) in [5.41, 5.74) is 0.797. The van der Waals surface area contributed by atoms with Gasteiger partial charge in [0.1, 0.15) is 0 Å². The number of nitrogens with zero attached hydrogens (tertiary/aromatic N) is 2. The first-order chi connectivity index (χ1) is 10.0. The van der Waals surface area contributed by atoms with Gasteiger partial charge in [0, 0.05) is 15.8 Å². The summed E-state index contributed by atoms with van der Waals surface area (Å²) in [5, 5.41) is 4.66. The van der Waals surface area contributed by atoms with Crippen molar-refractivity contribution in [3.63, 3.8) is 0 Å². The van der Waals surface area contributed by atoms with Crippen molar-refractivity contribution < 1.29 is 12.9 Å². The molecule has 1 aliphatic rings. The molecule has 2 heterocycles. The number of benzene rings is 1. The maximum atomic E-state index is 11.4. The van der Waals surface area contributed by atoms with E-state index in [-0.39, 0.29) is 16.8 Å². The van der Waals surface area contributed by atoms with Gasteiger partial charge in [0.15, 0.2) is 9.84 Å². The van der Waals surface area contributed by atoms with Crippen molar-refractivity contribution in [3.8, 4) is 11.4 Å². The van der Waals surface area contributed by atoms with Crippen LogP contribution in [0, 0.1) is 0 Å². The van der Waals surface area contributed by atoms with Crippen LogP contribution in [-0.4, -0.2) is 35.3 Å². The summed E-state index contributed by atoms with van der Waals surface area (Å²) in [7, 11) is -2.84. The van der Waals surface area contributed by atoms with Crippen LogP contribution in [0.4, 0.5) is 0 Å². The van der Waals surface area contributed by atoms with Crippen LogP contribution in [0.3, 0.4) is 0 Å². The molecule has 0 bridgehead atoms. The Morgan fingerprint density at radius 1 is 1.43 bits per heavy atom. The van der Waals surface area contributed by atoms with Crippen molar-refractivity contribution in [2.45, 2.75) is 17.4 Å². The predicted molar refractivity (Wildman–Crippen MR) is 83.1 cm³/mol. The van der Waals surface area contributed by atoms with Crippen LogP contribution in [0.25, 0.3) is 11.4 Å². The lowest BCUT2D eigenvalue weighted by atomic mass is 10.2. The zero-order valence-electron chi connectivity index (χ0n) is 11.0. The number of aromatic nitrogens is 2. The Kier molecular flexibility index (Phi) is 4.24. The summed E-state index contributed by atoms with van der Waals surface area (Å²) >= 11 is 7.48. The van der Waals surface area contributed by atoms with Crippen molar-refractivity contribution in [2.24, 2.45) is 0 Å². The molecule has 0 aliphatic carbocycles. The van der Waals surface area contributed by atoms with E-state index in [1.54, 1.807) is 23.9 Å². The van der Waals surface area contributed by atoms with Gasteiger partial charge < -0.3 is 4.52 Å². The van der Waals surface area contributed by atoms with Crippen LogP contribution in [0.5, 0.6) is 0 Å². The third-order valence-electron chi connectivity index (χ3n) is 3.18. The molecule has 1 fully saturated rings. The minimum Gasteiger partial charge on any atom is -0.338 e. The maximum absolute atomic E-state index is 11.4. The van der Waals surface area contributed by atoms with Crippen LogP contribution < -0.4 is 0 Å². The van der Waals surface area contributed by atoms with E-state index in [2.05, 4.69) is 10.1 Å². The molecule has 1 atom stereocenters. The summed E-state index contributed by atoms with van der Waals surface area (Å²) in [6, 6.07) is 7.23. The van der Waals surface area contributed by atoms with Gasteiger partial charge in [-0.1, -0.05) is 28.9 Å². The van der Waals surface area contributed by atoms with Crippen LogP contribution in [-0.2, 0) is 15.6 Å². The Bertz CT molecular complexity index is 745. The quantitative estimate of drug-likeness (QED) is 0.849. The van der Waals surface area contributed by atoms with E-state index in [0.29, 0.717) is 28.9 Å². The first-order valence-corrected chi connectivity index (χ1v) is 9.67.